The highest BCUT2D eigenvalue weighted by Crippen LogP contribution is 2.16. The van der Waals surface area contributed by atoms with Crippen molar-refractivity contribution >= 4 is 0 Å². The molecule has 0 amide bonds. The summed E-state index contributed by atoms with van der Waals surface area (Å²) in [6.45, 7) is 3.84. The van der Waals surface area contributed by atoms with Gasteiger partial charge in [-0.2, -0.15) is 0 Å². The van der Waals surface area contributed by atoms with Crippen molar-refractivity contribution in [2.75, 3.05) is 13.1 Å². The predicted molar refractivity (Wildman–Crippen MR) is 82.2 cm³/mol. The van der Waals surface area contributed by atoms with Crippen LogP contribution in [0.4, 0.5) is 8.78 Å². The van der Waals surface area contributed by atoms with Gasteiger partial charge in [-0.25, -0.2) is 8.78 Å². The lowest BCUT2D eigenvalue weighted by Gasteiger charge is -2.18. The molecular formula is C18H21F2N. The largest absolute Gasteiger partial charge is 0.317 e. The molecule has 0 saturated carbocycles. The fourth-order valence-electron chi connectivity index (χ4n) is 2.51. The van der Waals surface area contributed by atoms with Gasteiger partial charge < -0.3 is 5.32 Å². The molecule has 21 heavy (non-hydrogen) atoms. The molecule has 0 aliphatic carbocycles. The Morgan fingerprint density at radius 1 is 0.905 bits per heavy atom. The first-order valence-electron chi connectivity index (χ1n) is 7.37. The first-order valence-corrected chi connectivity index (χ1v) is 7.37. The molecular weight excluding hydrogens is 268 g/mol. The Hall–Kier alpha value is -1.74. The third-order valence-corrected chi connectivity index (χ3v) is 3.56. The average molecular weight is 289 g/mol. The van der Waals surface area contributed by atoms with E-state index in [1.54, 1.807) is 6.07 Å². The molecule has 2 aromatic rings. The monoisotopic (exact) mass is 289 g/mol. The van der Waals surface area contributed by atoms with E-state index in [0.717, 1.165) is 31.5 Å². The summed E-state index contributed by atoms with van der Waals surface area (Å²) in [5.41, 5.74) is 2.11. The highest BCUT2D eigenvalue weighted by molar-refractivity contribution is 5.20. The van der Waals surface area contributed by atoms with Crippen molar-refractivity contribution in [1.82, 2.24) is 5.32 Å². The SMILES string of the molecule is CCNCC(Cc1ccccc1)Cc1ccc(F)c(F)c1. The van der Waals surface area contributed by atoms with Crippen LogP contribution in [0.1, 0.15) is 18.1 Å². The molecule has 2 aromatic carbocycles. The summed E-state index contributed by atoms with van der Waals surface area (Å²) >= 11 is 0. The van der Waals surface area contributed by atoms with Gasteiger partial charge in [0.2, 0.25) is 0 Å². The van der Waals surface area contributed by atoms with Crippen LogP contribution in [0.2, 0.25) is 0 Å². The van der Waals surface area contributed by atoms with E-state index in [2.05, 4.69) is 24.4 Å². The number of benzene rings is 2. The van der Waals surface area contributed by atoms with Crippen LogP contribution in [0.15, 0.2) is 48.5 Å². The van der Waals surface area contributed by atoms with Gasteiger partial charge in [0, 0.05) is 0 Å². The summed E-state index contributed by atoms with van der Waals surface area (Å²) in [6, 6.07) is 14.4. The molecule has 0 heterocycles. The zero-order chi connectivity index (χ0) is 15.1. The van der Waals surface area contributed by atoms with E-state index in [-0.39, 0.29) is 0 Å². The first kappa shape index (κ1) is 15.6. The predicted octanol–water partition coefficient (Wildman–Crippen LogP) is 3.98. The lowest BCUT2D eigenvalue weighted by molar-refractivity contribution is 0.472. The van der Waals surface area contributed by atoms with Gasteiger partial charge in [0.15, 0.2) is 11.6 Å². The number of rotatable bonds is 7. The fourth-order valence-corrected chi connectivity index (χ4v) is 2.51. The second kappa shape index (κ2) is 7.89. The minimum atomic E-state index is -0.787. The van der Waals surface area contributed by atoms with Crippen LogP contribution in [-0.4, -0.2) is 13.1 Å². The van der Waals surface area contributed by atoms with E-state index >= 15 is 0 Å². The van der Waals surface area contributed by atoms with Gasteiger partial charge in [0.25, 0.3) is 0 Å². The molecule has 3 heteroatoms. The van der Waals surface area contributed by atoms with E-state index in [1.165, 1.54) is 17.7 Å². The smallest absolute Gasteiger partial charge is 0.159 e. The Kier molecular flexibility index (Phi) is 5.88. The zero-order valence-electron chi connectivity index (χ0n) is 12.3. The molecule has 1 nitrogen and oxygen atoms in total. The molecule has 0 bridgehead atoms. The van der Waals surface area contributed by atoms with Gasteiger partial charge in [0.05, 0.1) is 0 Å². The Morgan fingerprint density at radius 2 is 1.62 bits per heavy atom. The Morgan fingerprint density at radius 3 is 2.29 bits per heavy atom. The summed E-state index contributed by atoms with van der Waals surface area (Å²) in [4.78, 5) is 0. The maximum atomic E-state index is 13.3. The molecule has 0 radical (unpaired) electrons. The highest BCUT2D eigenvalue weighted by atomic mass is 19.2. The first-order chi connectivity index (χ1) is 10.2. The molecule has 0 aliphatic rings. The van der Waals surface area contributed by atoms with Crippen molar-refractivity contribution in [3.05, 3.63) is 71.3 Å². The summed E-state index contributed by atoms with van der Waals surface area (Å²) in [5.74, 6) is -1.20. The second-order valence-corrected chi connectivity index (χ2v) is 5.32. The van der Waals surface area contributed by atoms with E-state index in [9.17, 15) is 8.78 Å². The number of nitrogens with one attached hydrogen (secondary N) is 1. The Balaban J connectivity index is 2.06. The van der Waals surface area contributed by atoms with Crippen LogP contribution >= 0.6 is 0 Å². The van der Waals surface area contributed by atoms with Gasteiger partial charge in [-0.05, 0) is 55.1 Å². The summed E-state index contributed by atoms with van der Waals surface area (Å²) in [5, 5.41) is 3.35. The van der Waals surface area contributed by atoms with Crippen LogP contribution < -0.4 is 5.32 Å². The van der Waals surface area contributed by atoms with Crippen molar-refractivity contribution in [2.24, 2.45) is 5.92 Å². The van der Waals surface area contributed by atoms with Crippen molar-refractivity contribution in [3.63, 3.8) is 0 Å². The van der Waals surface area contributed by atoms with Crippen LogP contribution in [0.5, 0.6) is 0 Å². The van der Waals surface area contributed by atoms with Gasteiger partial charge in [-0.3, -0.25) is 0 Å². The van der Waals surface area contributed by atoms with Crippen LogP contribution in [0.3, 0.4) is 0 Å². The van der Waals surface area contributed by atoms with Crippen molar-refractivity contribution in [3.8, 4) is 0 Å². The minimum absolute atomic E-state index is 0.359. The molecule has 0 saturated heterocycles. The fraction of sp³-hybridized carbons (Fsp3) is 0.333. The summed E-state index contributed by atoms with van der Waals surface area (Å²) < 4.78 is 26.3. The topological polar surface area (TPSA) is 12.0 Å². The van der Waals surface area contributed by atoms with Crippen LogP contribution in [-0.2, 0) is 12.8 Å². The van der Waals surface area contributed by atoms with E-state index in [1.807, 2.05) is 18.2 Å². The van der Waals surface area contributed by atoms with Gasteiger partial charge in [0.1, 0.15) is 0 Å². The minimum Gasteiger partial charge on any atom is -0.317 e. The Labute approximate surface area is 125 Å². The lowest BCUT2D eigenvalue weighted by atomic mass is 9.92. The van der Waals surface area contributed by atoms with E-state index < -0.39 is 11.6 Å². The molecule has 2 rings (SSSR count). The molecule has 0 aromatic heterocycles. The highest BCUT2D eigenvalue weighted by Gasteiger charge is 2.12. The van der Waals surface area contributed by atoms with Crippen LogP contribution in [0.25, 0.3) is 0 Å². The quantitative estimate of drug-likeness (QED) is 0.813. The summed E-state index contributed by atoms with van der Waals surface area (Å²) in [6.07, 6.45) is 1.66. The maximum Gasteiger partial charge on any atom is 0.159 e. The third-order valence-electron chi connectivity index (χ3n) is 3.56. The standard InChI is InChI=1S/C18H21F2N/c1-2-21-13-16(10-14-6-4-3-5-7-14)11-15-8-9-17(19)18(20)12-15/h3-9,12,16,21H,2,10-11,13H2,1H3. The van der Waals surface area contributed by atoms with Crippen molar-refractivity contribution < 1.29 is 8.78 Å². The van der Waals surface area contributed by atoms with Gasteiger partial charge >= 0.3 is 0 Å². The molecule has 1 atom stereocenters. The van der Waals surface area contributed by atoms with Crippen molar-refractivity contribution in [2.45, 2.75) is 19.8 Å². The number of hydrogen-bond acceptors (Lipinski definition) is 1. The third kappa shape index (κ3) is 4.94. The molecule has 0 aliphatic heterocycles. The van der Waals surface area contributed by atoms with Gasteiger partial charge in [-0.15, -0.1) is 0 Å². The van der Waals surface area contributed by atoms with Crippen LogP contribution in [0, 0.1) is 17.6 Å². The lowest BCUT2D eigenvalue weighted by Crippen LogP contribution is -2.25. The molecule has 112 valence electrons. The van der Waals surface area contributed by atoms with Gasteiger partial charge in [-0.1, -0.05) is 43.3 Å². The molecule has 0 fully saturated rings. The molecule has 1 unspecified atom stereocenters. The zero-order valence-corrected chi connectivity index (χ0v) is 12.3. The van der Waals surface area contributed by atoms with E-state index in [4.69, 9.17) is 0 Å². The van der Waals surface area contributed by atoms with Crippen molar-refractivity contribution in [1.29, 1.82) is 0 Å². The van der Waals surface area contributed by atoms with E-state index in [0.29, 0.717) is 5.92 Å². The molecule has 0 spiro atoms. The Bertz CT molecular complexity index is 554. The maximum absolute atomic E-state index is 13.3. The molecule has 1 N–H and O–H groups in total. The summed E-state index contributed by atoms with van der Waals surface area (Å²) in [7, 11) is 0. The second-order valence-electron chi connectivity index (χ2n) is 5.32. The number of hydrogen-bond donors (Lipinski definition) is 1. The normalized spacial score (nSPS) is 12.3. The number of halogens is 2. The average Bonchev–Trinajstić information content (AvgIpc) is 2.49.